The van der Waals surface area contributed by atoms with Crippen LogP contribution in [0.5, 0.6) is 0 Å². The second kappa shape index (κ2) is 4.26. The second-order valence-electron chi connectivity index (χ2n) is 3.16. The third kappa shape index (κ3) is 2.69. The maximum atomic E-state index is 12.5. The predicted octanol–water partition coefficient (Wildman–Crippen LogP) is 4.63. The number of allylic oxidation sites excluding steroid dienone is 2. The van der Waals surface area contributed by atoms with Crippen LogP contribution in [0.15, 0.2) is 11.7 Å². The Hall–Kier alpha value is -1.03. The molecule has 0 amide bonds. The van der Waals surface area contributed by atoms with E-state index in [1.54, 1.807) is 0 Å². The van der Waals surface area contributed by atoms with Crippen LogP contribution in [0, 0.1) is 0 Å². The Morgan fingerprint density at radius 1 is 0.667 bits per heavy atom. The molecule has 0 aliphatic carbocycles. The maximum absolute atomic E-state index is 12.5. The molecule has 18 heavy (non-hydrogen) atoms. The van der Waals surface area contributed by atoms with Gasteiger partial charge in [0.15, 0.2) is 0 Å². The lowest BCUT2D eigenvalue weighted by Crippen LogP contribution is -2.53. The molecule has 0 aromatic carbocycles. The van der Waals surface area contributed by atoms with E-state index in [2.05, 4.69) is 0 Å². The molecule has 0 aromatic heterocycles. The molecule has 0 N–H and O–H groups in total. The molecule has 0 radical (unpaired) electrons. The minimum Gasteiger partial charge on any atom is -0.202 e. The molecule has 0 saturated heterocycles. The van der Waals surface area contributed by atoms with Gasteiger partial charge in [0.05, 0.1) is 0 Å². The highest BCUT2D eigenvalue weighted by molar-refractivity contribution is 5.19. The van der Waals surface area contributed by atoms with Gasteiger partial charge in [-0.3, -0.25) is 0 Å². The van der Waals surface area contributed by atoms with Crippen molar-refractivity contribution in [2.45, 2.75) is 30.9 Å². The van der Waals surface area contributed by atoms with Gasteiger partial charge in [0.2, 0.25) is 11.7 Å². The van der Waals surface area contributed by atoms with Gasteiger partial charge >= 0.3 is 23.9 Å². The summed E-state index contributed by atoms with van der Waals surface area (Å²) in [5.74, 6) is -27.3. The highest BCUT2D eigenvalue weighted by atomic mass is 19.4. The minimum absolute atomic E-state index is 0.778. The molecule has 0 saturated carbocycles. The molecule has 108 valence electrons. The van der Waals surface area contributed by atoms with Crippen molar-refractivity contribution in [3.63, 3.8) is 0 Å². The van der Waals surface area contributed by atoms with E-state index in [4.69, 9.17) is 0 Å². The number of hydrogen-bond acceptors (Lipinski definition) is 0. The van der Waals surface area contributed by atoms with Crippen molar-refractivity contribution in [3.05, 3.63) is 11.7 Å². The van der Waals surface area contributed by atoms with E-state index >= 15 is 0 Å². The Labute approximate surface area is 92.1 Å². The van der Waals surface area contributed by atoms with Crippen molar-refractivity contribution in [1.29, 1.82) is 0 Å². The summed E-state index contributed by atoms with van der Waals surface area (Å²) in [4.78, 5) is 0. The fourth-order valence-electron chi connectivity index (χ4n) is 0.676. The van der Waals surface area contributed by atoms with Crippen LogP contribution in [0.2, 0.25) is 0 Å². The van der Waals surface area contributed by atoms with E-state index in [1.807, 2.05) is 0 Å². The second-order valence-corrected chi connectivity index (χ2v) is 3.16. The number of alkyl halides is 9. The molecular formula is C7H3F11. The van der Waals surface area contributed by atoms with Crippen LogP contribution in [0.3, 0.4) is 0 Å². The SMILES string of the molecule is CC(F)(F)C(F)(F)C(F)(F)/C(F)=C(\F)C(F)(F)F. The van der Waals surface area contributed by atoms with Gasteiger partial charge in [-0.25, -0.2) is 4.39 Å². The van der Waals surface area contributed by atoms with E-state index in [9.17, 15) is 48.3 Å². The normalized spacial score (nSPS) is 16.7. The first-order valence-electron chi connectivity index (χ1n) is 3.83. The van der Waals surface area contributed by atoms with Gasteiger partial charge in [-0.2, -0.15) is 43.9 Å². The number of hydrogen-bond donors (Lipinski definition) is 0. The smallest absolute Gasteiger partial charge is 0.202 e. The first-order chi connectivity index (χ1) is 7.57. The van der Waals surface area contributed by atoms with Gasteiger partial charge in [0.1, 0.15) is 0 Å². The largest absolute Gasteiger partial charge is 0.445 e. The average Bonchev–Trinajstić information content (AvgIpc) is 2.11. The van der Waals surface area contributed by atoms with Crippen LogP contribution in [-0.4, -0.2) is 23.9 Å². The van der Waals surface area contributed by atoms with E-state index < -0.39 is 42.5 Å². The molecular weight excluding hydrogens is 293 g/mol. The van der Waals surface area contributed by atoms with Crippen molar-refractivity contribution < 1.29 is 48.3 Å². The van der Waals surface area contributed by atoms with E-state index in [0.29, 0.717) is 0 Å². The Kier molecular flexibility index (Phi) is 4.02. The van der Waals surface area contributed by atoms with Gasteiger partial charge in [0, 0.05) is 6.92 Å². The molecule has 0 aliphatic rings. The van der Waals surface area contributed by atoms with E-state index in [1.165, 1.54) is 0 Å². The zero-order valence-corrected chi connectivity index (χ0v) is 8.16. The monoisotopic (exact) mass is 296 g/mol. The van der Waals surface area contributed by atoms with Crippen LogP contribution in [0.25, 0.3) is 0 Å². The molecule has 0 rings (SSSR count). The Bertz CT molecular complexity index is 341. The van der Waals surface area contributed by atoms with Crippen molar-refractivity contribution in [1.82, 2.24) is 0 Å². The van der Waals surface area contributed by atoms with Crippen LogP contribution in [-0.2, 0) is 0 Å². The highest BCUT2D eigenvalue weighted by Gasteiger charge is 2.73. The van der Waals surface area contributed by atoms with Crippen LogP contribution >= 0.6 is 0 Å². The van der Waals surface area contributed by atoms with Gasteiger partial charge < -0.3 is 0 Å². The lowest BCUT2D eigenvalue weighted by Gasteiger charge is -2.29. The van der Waals surface area contributed by atoms with Crippen molar-refractivity contribution in [3.8, 4) is 0 Å². The molecule has 0 unspecified atom stereocenters. The van der Waals surface area contributed by atoms with Crippen LogP contribution in [0.4, 0.5) is 48.3 Å². The fraction of sp³-hybridized carbons (Fsp3) is 0.714. The Balaban J connectivity index is 5.83. The summed E-state index contributed by atoms with van der Waals surface area (Å²) in [6.45, 7) is -0.778. The maximum Gasteiger partial charge on any atom is 0.445 e. The third-order valence-corrected chi connectivity index (χ3v) is 1.66. The van der Waals surface area contributed by atoms with E-state index in [-0.39, 0.29) is 0 Å². The standard InChI is InChI=1S/C7H3F11/c1-4(10,11)7(17,18)5(12,13)2(8)3(9)6(14,15)16/h1H3/b3-2+. The Morgan fingerprint density at radius 3 is 1.22 bits per heavy atom. The number of halogens is 11. The minimum atomic E-state index is -6.65. The molecule has 0 nitrogen and oxygen atoms in total. The van der Waals surface area contributed by atoms with E-state index in [0.717, 1.165) is 0 Å². The van der Waals surface area contributed by atoms with Crippen molar-refractivity contribution in [2.75, 3.05) is 0 Å². The summed E-state index contributed by atoms with van der Waals surface area (Å²) in [6, 6.07) is 0. The molecule has 0 bridgehead atoms. The van der Waals surface area contributed by atoms with Crippen LogP contribution in [0.1, 0.15) is 6.92 Å². The van der Waals surface area contributed by atoms with Crippen molar-refractivity contribution >= 4 is 0 Å². The third-order valence-electron chi connectivity index (χ3n) is 1.66. The van der Waals surface area contributed by atoms with Gasteiger partial charge in [-0.1, -0.05) is 0 Å². The molecule has 0 atom stereocenters. The Morgan fingerprint density at radius 2 is 1.00 bits per heavy atom. The van der Waals surface area contributed by atoms with Crippen LogP contribution < -0.4 is 0 Å². The predicted molar refractivity (Wildman–Crippen MR) is 35.8 cm³/mol. The molecule has 0 heterocycles. The summed E-state index contributed by atoms with van der Waals surface area (Å²) in [6.07, 6.45) is -6.34. The lowest BCUT2D eigenvalue weighted by molar-refractivity contribution is -0.295. The summed E-state index contributed by atoms with van der Waals surface area (Å²) in [5, 5.41) is 0. The quantitative estimate of drug-likeness (QED) is 0.666. The number of rotatable bonds is 3. The zero-order chi connectivity index (χ0) is 15.2. The summed E-state index contributed by atoms with van der Waals surface area (Å²) in [7, 11) is 0. The summed E-state index contributed by atoms with van der Waals surface area (Å²) in [5.41, 5.74) is 0. The lowest BCUT2D eigenvalue weighted by atomic mass is 10.0. The first-order valence-corrected chi connectivity index (χ1v) is 3.83. The zero-order valence-electron chi connectivity index (χ0n) is 8.16. The molecule has 0 aromatic rings. The topological polar surface area (TPSA) is 0 Å². The van der Waals surface area contributed by atoms with Gasteiger partial charge in [0.25, 0.3) is 0 Å². The molecule has 0 spiro atoms. The average molecular weight is 296 g/mol. The molecule has 0 aliphatic heterocycles. The first kappa shape index (κ1) is 17.0. The molecule has 0 fully saturated rings. The highest BCUT2D eigenvalue weighted by Crippen LogP contribution is 2.51. The van der Waals surface area contributed by atoms with Crippen molar-refractivity contribution in [2.24, 2.45) is 0 Å². The fourth-order valence-corrected chi connectivity index (χ4v) is 0.676. The summed E-state index contributed by atoms with van der Waals surface area (Å²) < 4.78 is 133. The van der Waals surface area contributed by atoms with Gasteiger partial charge in [-0.05, 0) is 0 Å². The van der Waals surface area contributed by atoms with Gasteiger partial charge in [-0.15, -0.1) is 0 Å². The summed E-state index contributed by atoms with van der Waals surface area (Å²) >= 11 is 0. The molecule has 11 heteroatoms.